The highest BCUT2D eigenvalue weighted by atomic mass is 16.7. The van der Waals surface area contributed by atoms with Crippen LogP contribution in [0.4, 0.5) is 0 Å². The van der Waals surface area contributed by atoms with Crippen molar-refractivity contribution >= 4 is 7.12 Å². The van der Waals surface area contributed by atoms with E-state index >= 15 is 0 Å². The molecule has 1 fully saturated rings. The molecule has 0 N–H and O–H groups in total. The summed E-state index contributed by atoms with van der Waals surface area (Å²) in [5.74, 6) is 2.52. The summed E-state index contributed by atoms with van der Waals surface area (Å²) in [7, 11) is -0.251. The lowest BCUT2D eigenvalue weighted by atomic mass is 9.89. The lowest BCUT2D eigenvalue weighted by molar-refractivity contribution is 0.00578. The first kappa shape index (κ1) is 16.7. The quantitative estimate of drug-likeness (QED) is 0.688. The Morgan fingerprint density at radius 1 is 1.11 bits per heavy atom. The fourth-order valence-corrected chi connectivity index (χ4v) is 2.04. The Hall–Kier alpha value is -0.315. The third-order valence-corrected chi connectivity index (χ3v) is 4.06. The first-order valence-electron chi connectivity index (χ1n) is 7.33. The first-order chi connectivity index (χ1) is 8.69. The third kappa shape index (κ3) is 4.33. The fourth-order valence-electron chi connectivity index (χ4n) is 2.04. The number of hydrogen-bond acceptors (Lipinski definition) is 3. The molecule has 1 unspecified atom stereocenters. The minimum atomic E-state index is -0.265. The van der Waals surface area contributed by atoms with Crippen molar-refractivity contribution in [3.8, 4) is 0 Å². The molecule has 1 rings (SSSR count). The molecule has 0 aromatic rings. The zero-order valence-electron chi connectivity index (χ0n) is 13.5. The Labute approximate surface area is 118 Å². The van der Waals surface area contributed by atoms with Crippen molar-refractivity contribution in [3.05, 3.63) is 12.1 Å². The summed E-state index contributed by atoms with van der Waals surface area (Å²) < 4.78 is 17.6. The van der Waals surface area contributed by atoms with Crippen molar-refractivity contribution in [2.45, 2.75) is 72.2 Å². The van der Waals surface area contributed by atoms with Crippen LogP contribution in [-0.2, 0) is 14.0 Å². The van der Waals surface area contributed by atoms with E-state index in [0.717, 1.165) is 13.0 Å². The van der Waals surface area contributed by atoms with E-state index in [2.05, 4.69) is 47.6 Å². The van der Waals surface area contributed by atoms with Gasteiger partial charge in [-0.1, -0.05) is 25.9 Å². The van der Waals surface area contributed by atoms with Crippen LogP contribution < -0.4 is 0 Å². The fraction of sp³-hybridized carbons (Fsp3) is 0.867. The van der Waals surface area contributed by atoms with Crippen LogP contribution >= 0.6 is 0 Å². The van der Waals surface area contributed by atoms with Gasteiger partial charge < -0.3 is 14.0 Å². The van der Waals surface area contributed by atoms with E-state index in [1.807, 2.05) is 12.9 Å². The smallest absolute Gasteiger partial charge is 0.400 e. The molecule has 1 atom stereocenters. The van der Waals surface area contributed by atoms with Crippen molar-refractivity contribution in [2.24, 2.45) is 5.92 Å². The minimum absolute atomic E-state index is 0.251. The first-order valence-corrected chi connectivity index (χ1v) is 7.33. The summed E-state index contributed by atoms with van der Waals surface area (Å²) in [5.41, 5.74) is -0.529. The van der Waals surface area contributed by atoms with Crippen LogP contribution in [0.25, 0.3) is 0 Å². The van der Waals surface area contributed by atoms with Crippen molar-refractivity contribution < 1.29 is 14.0 Å². The predicted molar refractivity (Wildman–Crippen MR) is 80.1 cm³/mol. The van der Waals surface area contributed by atoms with Crippen LogP contribution in [0.3, 0.4) is 0 Å². The van der Waals surface area contributed by atoms with Gasteiger partial charge in [0.25, 0.3) is 0 Å². The molecule has 0 aromatic carbocycles. The number of rotatable bonds is 6. The van der Waals surface area contributed by atoms with E-state index in [9.17, 15) is 0 Å². The van der Waals surface area contributed by atoms with Crippen LogP contribution in [0.5, 0.6) is 0 Å². The van der Waals surface area contributed by atoms with E-state index in [1.54, 1.807) is 0 Å². The topological polar surface area (TPSA) is 27.7 Å². The second kappa shape index (κ2) is 6.42. The molecular weight excluding hydrogens is 239 g/mol. The molecule has 1 saturated heterocycles. The summed E-state index contributed by atoms with van der Waals surface area (Å²) in [4.78, 5) is 0. The molecule has 0 aromatic heterocycles. The van der Waals surface area contributed by atoms with Crippen LogP contribution in [-0.4, -0.2) is 31.0 Å². The average Bonchev–Trinajstić information content (AvgIpc) is 2.46. The Morgan fingerprint density at radius 2 is 1.63 bits per heavy atom. The summed E-state index contributed by atoms with van der Waals surface area (Å²) >= 11 is 0. The van der Waals surface area contributed by atoms with Crippen LogP contribution in [0.2, 0.25) is 0 Å². The van der Waals surface area contributed by atoms with Crippen LogP contribution in [0.1, 0.15) is 54.9 Å². The van der Waals surface area contributed by atoms with Gasteiger partial charge in [0.05, 0.1) is 17.3 Å². The van der Waals surface area contributed by atoms with E-state index in [-0.39, 0.29) is 24.4 Å². The monoisotopic (exact) mass is 268 g/mol. The maximum atomic E-state index is 5.92. The third-order valence-electron chi connectivity index (χ3n) is 4.06. The van der Waals surface area contributed by atoms with Crippen molar-refractivity contribution in [2.75, 3.05) is 6.61 Å². The molecular formula is C15H29BO3. The van der Waals surface area contributed by atoms with Crippen LogP contribution in [0.15, 0.2) is 12.1 Å². The van der Waals surface area contributed by atoms with Crippen molar-refractivity contribution in [1.82, 2.24) is 0 Å². The summed E-state index contributed by atoms with van der Waals surface area (Å²) in [6, 6.07) is 0. The lowest BCUT2D eigenvalue weighted by Gasteiger charge is -2.32. The molecule has 110 valence electrons. The largest absolute Gasteiger partial charge is 0.486 e. The van der Waals surface area contributed by atoms with Crippen molar-refractivity contribution in [3.63, 3.8) is 0 Å². The Bertz CT molecular complexity index is 295. The molecule has 4 heteroatoms. The van der Waals surface area contributed by atoms with Gasteiger partial charge in [0.2, 0.25) is 0 Å². The molecule has 0 amide bonds. The average molecular weight is 268 g/mol. The van der Waals surface area contributed by atoms with Gasteiger partial charge in [0, 0.05) is 6.61 Å². The lowest BCUT2D eigenvalue weighted by Crippen LogP contribution is -2.41. The zero-order valence-corrected chi connectivity index (χ0v) is 13.5. The SMILES string of the molecule is CCOC(C/C=C/B1OC(C)(C)C(C)(C)O1)C(C)C. The maximum Gasteiger partial charge on any atom is 0.486 e. The van der Waals surface area contributed by atoms with Gasteiger partial charge in [0.15, 0.2) is 0 Å². The molecule has 1 aliphatic rings. The van der Waals surface area contributed by atoms with Gasteiger partial charge in [-0.15, -0.1) is 0 Å². The normalized spacial score (nSPS) is 23.5. The Kier molecular flexibility index (Phi) is 5.66. The standard InChI is InChI=1S/C15H29BO3/c1-8-17-13(12(2)3)10-9-11-16-18-14(4,5)15(6,7)19-16/h9,11-13H,8,10H2,1-7H3/b11-9+. The van der Waals surface area contributed by atoms with E-state index < -0.39 is 0 Å². The van der Waals surface area contributed by atoms with Gasteiger partial charge in [-0.05, 0) is 47.0 Å². The Balaban J connectivity index is 2.50. The summed E-state index contributed by atoms with van der Waals surface area (Å²) in [6.45, 7) is 15.4. The predicted octanol–water partition coefficient (Wildman–Crippen LogP) is 3.63. The van der Waals surface area contributed by atoms with Gasteiger partial charge in [0.1, 0.15) is 0 Å². The van der Waals surface area contributed by atoms with E-state index in [0.29, 0.717) is 5.92 Å². The molecule has 19 heavy (non-hydrogen) atoms. The molecule has 0 aliphatic carbocycles. The highest BCUT2D eigenvalue weighted by molar-refractivity contribution is 6.51. The van der Waals surface area contributed by atoms with Gasteiger partial charge in [-0.25, -0.2) is 0 Å². The van der Waals surface area contributed by atoms with Crippen LogP contribution in [0, 0.1) is 5.92 Å². The molecule has 0 saturated carbocycles. The van der Waals surface area contributed by atoms with E-state index in [4.69, 9.17) is 14.0 Å². The second-order valence-corrected chi connectivity index (χ2v) is 6.53. The molecule has 1 aliphatic heterocycles. The molecule has 3 nitrogen and oxygen atoms in total. The Morgan fingerprint density at radius 3 is 2.05 bits per heavy atom. The van der Waals surface area contributed by atoms with Gasteiger partial charge in [-0.3, -0.25) is 0 Å². The second-order valence-electron chi connectivity index (χ2n) is 6.53. The summed E-state index contributed by atoms with van der Waals surface area (Å²) in [6.07, 6.45) is 3.28. The van der Waals surface area contributed by atoms with Gasteiger partial charge >= 0.3 is 7.12 Å². The van der Waals surface area contributed by atoms with Crippen molar-refractivity contribution in [1.29, 1.82) is 0 Å². The molecule has 1 heterocycles. The highest BCUT2D eigenvalue weighted by Gasteiger charge is 2.49. The maximum absolute atomic E-state index is 5.92. The highest BCUT2D eigenvalue weighted by Crippen LogP contribution is 2.36. The molecule has 0 spiro atoms. The summed E-state index contributed by atoms with van der Waals surface area (Å²) in [5, 5.41) is 0. The van der Waals surface area contributed by atoms with Gasteiger partial charge in [-0.2, -0.15) is 0 Å². The minimum Gasteiger partial charge on any atom is -0.400 e. The zero-order chi connectivity index (χ0) is 14.7. The molecule has 0 radical (unpaired) electrons. The molecule has 0 bridgehead atoms. The van der Waals surface area contributed by atoms with E-state index in [1.165, 1.54) is 0 Å². The number of hydrogen-bond donors (Lipinski definition) is 0. The number of ether oxygens (including phenoxy) is 1.